The monoisotopic (exact) mass is 488 g/mol. The third-order valence-corrected chi connectivity index (χ3v) is 4.49. The zero-order chi connectivity index (χ0) is 22.8. The van der Waals surface area contributed by atoms with Crippen LogP contribution in [-0.4, -0.2) is 36.8 Å². The number of amides is 1. The molecule has 9 heteroatoms. The summed E-state index contributed by atoms with van der Waals surface area (Å²) in [5.41, 5.74) is 0.793. The van der Waals surface area contributed by atoms with Gasteiger partial charge >= 0.3 is 5.97 Å². The van der Waals surface area contributed by atoms with Gasteiger partial charge in [-0.05, 0) is 61.9 Å². The van der Waals surface area contributed by atoms with Gasteiger partial charge in [0.25, 0.3) is 5.91 Å². The molecule has 2 aromatic carbocycles. The summed E-state index contributed by atoms with van der Waals surface area (Å²) in [5.74, 6) is -0.404. The normalized spacial score (nSPS) is 10.7. The quantitative estimate of drug-likeness (QED) is 0.236. The van der Waals surface area contributed by atoms with Crippen molar-refractivity contribution in [3.63, 3.8) is 0 Å². The van der Waals surface area contributed by atoms with E-state index in [1.165, 1.54) is 30.3 Å². The number of ether oxygens (including phenoxy) is 3. The number of phenolic OH excluding ortho intramolecular Hbond substituents is 1. The summed E-state index contributed by atoms with van der Waals surface area (Å²) in [6.07, 6.45) is 1.40. The van der Waals surface area contributed by atoms with Crippen molar-refractivity contribution in [3.8, 4) is 23.3 Å². The Morgan fingerprint density at radius 2 is 1.81 bits per heavy atom. The average Bonchev–Trinajstić information content (AvgIpc) is 2.74. The average molecular weight is 489 g/mol. The number of nitrogens with zero attached hydrogens (tertiary/aromatic N) is 1. The van der Waals surface area contributed by atoms with Crippen LogP contribution in [0.4, 0.5) is 5.69 Å². The van der Waals surface area contributed by atoms with E-state index >= 15 is 0 Å². The molecule has 0 fully saturated rings. The number of aromatic hydroxyl groups is 1. The first-order valence-corrected chi connectivity index (χ1v) is 10.1. The van der Waals surface area contributed by atoms with E-state index in [4.69, 9.17) is 14.2 Å². The molecule has 0 heterocycles. The van der Waals surface area contributed by atoms with Crippen molar-refractivity contribution in [1.29, 1.82) is 5.26 Å². The van der Waals surface area contributed by atoms with Crippen LogP contribution in [0.3, 0.4) is 0 Å². The lowest BCUT2D eigenvalue weighted by Gasteiger charge is -2.14. The highest BCUT2D eigenvalue weighted by Gasteiger charge is 2.15. The molecule has 1 amide bonds. The highest BCUT2D eigenvalue weighted by molar-refractivity contribution is 9.10. The summed E-state index contributed by atoms with van der Waals surface area (Å²) >= 11 is 3.39. The van der Waals surface area contributed by atoms with Crippen molar-refractivity contribution in [2.24, 2.45) is 0 Å². The van der Waals surface area contributed by atoms with Crippen LogP contribution in [0.15, 0.2) is 46.4 Å². The first kappa shape index (κ1) is 23.8. The van der Waals surface area contributed by atoms with Crippen molar-refractivity contribution < 1.29 is 28.9 Å². The van der Waals surface area contributed by atoms with E-state index in [1.807, 2.05) is 6.07 Å². The van der Waals surface area contributed by atoms with Gasteiger partial charge in [0.2, 0.25) is 0 Å². The molecule has 31 heavy (non-hydrogen) atoms. The molecule has 0 radical (unpaired) electrons. The predicted molar refractivity (Wildman–Crippen MR) is 118 cm³/mol. The van der Waals surface area contributed by atoms with Gasteiger partial charge in [-0.2, -0.15) is 5.26 Å². The number of benzene rings is 2. The Hall–Kier alpha value is -3.51. The molecule has 0 aliphatic carbocycles. The molecular formula is C22H21BrN2O6. The number of nitrogens with one attached hydrogen (secondary N) is 1. The Labute approximate surface area is 188 Å². The zero-order valence-electron chi connectivity index (χ0n) is 17.0. The number of carbonyl (C=O) groups is 2. The largest absolute Gasteiger partial charge is 0.508 e. The number of esters is 1. The minimum absolute atomic E-state index is 0.0618. The van der Waals surface area contributed by atoms with E-state index in [1.54, 1.807) is 26.0 Å². The molecule has 0 bridgehead atoms. The van der Waals surface area contributed by atoms with Crippen LogP contribution in [0, 0.1) is 11.3 Å². The summed E-state index contributed by atoms with van der Waals surface area (Å²) in [5, 5.41) is 21.4. The lowest BCUT2D eigenvalue weighted by Crippen LogP contribution is -2.15. The fourth-order valence-electron chi connectivity index (χ4n) is 2.43. The molecule has 0 saturated heterocycles. The van der Waals surface area contributed by atoms with Crippen molar-refractivity contribution in [1.82, 2.24) is 0 Å². The lowest BCUT2D eigenvalue weighted by atomic mass is 10.1. The molecule has 2 N–H and O–H groups in total. The molecule has 0 aromatic heterocycles. The molecule has 162 valence electrons. The minimum atomic E-state index is -0.610. The smallest absolute Gasteiger partial charge is 0.344 e. The van der Waals surface area contributed by atoms with Crippen molar-refractivity contribution in [2.75, 3.05) is 25.1 Å². The highest BCUT2D eigenvalue weighted by atomic mass is 79.9. The number of rotatable bonds is 9. The lowest BCUT2D eigenvalue weighted by molar-refractivity contribution is -0.145. The summed E-state index contributed by atoms with van der Waals surface area (Å²) < 4.78 is 16.4. The second kappa shape index (κ2) is 11.6. The van der Waals surface area contributed by atoms with Crippen LogP contribution >= 0.6 is 15.9 Å². The molecule has 0 spiro atoms. The Kier molecular flexibility index (Phi) is 8.91. The summed E-state index contributed by atoms with van der Waals surface area (Å²) in [7, 11) is 0. The third-order valence-electron chi connectivity index (χ3n) is 3.80. The molecular weight excluding hydrogens is 468 g/mol. The Morgan fingerprint density at radius 1 is 1.13 bits per heavy atom. The number of hydrogen-bond acceptors (Lipinski definition) is 7. The van der Waals surface area contributed by atoms with Crippen LogP contribution in [0.1, 0.15) is 19.4 Å². The van der Waals surface area contributed by atoms with Gasteiger partial charge in [0.05, 0.1) is 13.2 Å². The minimum Gasteiger partial charge on any atom is -0.508 e. The van der Waals surface area contributed by atoms with Crippen LogP contribution in [-0.2, 0) is 14.3 Å². The van der Waals surface area contributed by atoms with Gasteiger partial charge in [0, 0.05) is 10.2 Å². The third kappa shape index (κ3) is 7.04. The second-order valence-corrected chi connectivity index (χ2v) is 6.87. The highest BCUT2D eigenvalue weighted by Crippen LogP contribution is 2.35. The van der Waals surface area contributed by atoms with E-state index in [2.05, 4.69) is 21.2 Å². The van der Waals surface area contributed by atoms with Crippen molar-refractivity contribution in [3.05, 3.63) is 52.0 Å². The maximum Gasteiger partial charge on any atom is 0.344 e. The molecule has 2 aromatic rings. The summed E-state index contributed by atoms with van der Waals surface area (Å²) in [6.45, 7) is 3.79. The van der Waals surface area contributed by atoms with E-state index in [0.717, 1.165) is 0 Å². The molecule has 0 aliphatic heterocycles. The number of halogens is 1. The number of hydrogen-bond donors (Lipinski definition) is 2. The number of nitriles is 1. The zero-order valence-corrected chi connectivity index (χ0v) is 18.6. The SMILES string of the molecule is CCOC(=O)COc1cc(Br)c(/C=C(\C#N)C(=O)Nc2ccc(O)cc2)cc1OCC. The maximum atomic E-state index is 12.5. The predicted octanol–water partition coefficient (Wildman–Crippen LogP) is 4.04. The Balaban J connectivity index is 2.27. The molecule has 0 atom stereocenters. The molecule has 0 saturated carbocycles. The molecule has 8 nitrogen and oxygen atoms in total. The van der Waals surface area contributed by atoms with Gasteiger partial charge in [-0.1, -0.05) is 15.9 Å². The van der Waals surface area contributed by atoms with Gasteiger partial charge in [0.15, 0.2) is 18.1 Å². The maximum absolute atomic E-state index is 12.5. The van der Waals surface area contributed by atoms with E-state index in [-0.39, 0.29) is 24.5 Å². The van der Waals surface area contributed by atoms with Crippen LogP contribution in [0.2, 0.25) is 0 Å². The Morgan fingerprint density at radius 3 is 2.42 bits per heavy atom. The topological polar surface area (TPSA) is 118 Å². The molecule has 0 unspecified atom stereocenters. The van der Waals surface area contributed by atoms with E-state index in [9.17, 15) is 20.0 Å². The number of carbonyl (C=O) groups excluding carboxylic acids is 2. The number of anilines is 1. The van der Waals surface area contributed by atoms with Gasteiger partial charge in [-0.15, -0.1) is 0 Å². The number of phenols is 1. The summed E-state index contributed by atoms with van der Waals surface area (Å²) in [6, 6.07) is 10.9. The summed E-state index contributed by atoms with van der Waals surface area (Å²) in [4.78, 5) is 24.0. The molecule has 0 aliphatic rings. The molecule has 2 rings (SSSR count). The Bertz CT molecular complexity index is 1010. The van der Waals surface area contributed by atoms with E-state index in [0.29, 0.717) is 33.8 Å². The van der Waals surface area contributed by atoms with Crippen LogP contribution in [0.5, 0.6) is 17.2 Å². The van der Waals surface area contributed by atoms with Gasteiger partial charge < -0.3 is 24.6 Å². The first-order chi connectivity index (χ1) is 14.9. The fourth-order valence-corrected chi connectivity index (χ4v) is 2.87. The van der Waals surface area contributed by atoms with Gasteiger partial charge in [-0.3, -0.25) is 4.79 Å². The van der Waals surface area contributed by atoms with Gasteiger partial charge in [-0.25, -0.2) is 4.79 Å². The van der Waals surface area contributed by atoms with Crippen molar-refractivity contribution >= 4 is 39.6 Å². The second-order valence-electron chi connectivity index (χ2n) is 6.02. The van der Waals surface area contributed by atoms with E-state index < -0.39 is 11.9 Å². The fraction of sp³-hybridized carbons (Fsp3) is 0.227. The first-order valence-electron chi connectivity index (χ1n) is 9.34. The van der Waals surface area contributed by atoms with Crippen LogP contribution in [0.25, 0.3) is 6.08 Å². The van der Waals surface area contributed by atoms with Crippen molar-refractivity contribution in [2.45, 2.75) is 13.8 Å². The van der Waals surface area contributed by atoms with Gasteiger partial charge in [0.1, 0.15) is 17.4 Å². The van der Waals surface area contributed by atoms with Crippen LogP contribution < -0.4 is 14.8 Å². The standard InChI is InChI=1S/C22H21BrN2O6/c1-3-29-19-10-14(18(23)11-20(19)31-13-21(27)30-4-2)9-15(12-24)22(28)25-16-5-7-17(26)8-6-16/h5-11,26H,3-4,13H2,1-2H3,(H,25,28)/b15-9+.